The second-order valence-corrected chi connectivity index (χ2v) is 12.0. The van der Waals surface area contributed by atoms with Gasteiger partial charge >= 0.3 is 0 Å². The van der Waals surface area contributed by atoms with E-state index in [0.717, 1.165) is 18.6 Å². The van der Waals surface area contributed by atoms with Gasteiger partial charge in [0.1, 0.15) is 0 Å². The van der Waals surface area contributed by atoms with Gasteiger partial charge in [0, 0.05) is 6.42 Å². The van der Waals surface area contributed by atoms with Gasteiger partial charge in [-0.1, -0.05) is 63.8 Å². The third-order valence-corrected chi connectivity index (χ3v) is 8.81. The first-order valence-corrected chi connectivity index (χ1v) is 10.6. The first kappa shape index (κ1) is 17.8. The normalized spacial score (nSPS) is 13.6. The quantitative estimate of drug-likeness (QED) is 0.327. The van der Waals surface area contributed by atoms with Crippen molar-refractivity contribution < 1.29 is 4.43 Å². The summed E-state index contributed by atoms with van der Waals surface area (Å²) in [5.74, 6) is 1.32. The van der Waals surface area contributed by atoms with Crippen LogP contribution in [0.25, 0.3) is 0 Å². The van der Waals surface area contributed by atoms with Gasteiger partial charge in [0.05, 0.1) is 5.76 Å². The highest BCUT2D eigenvalue weighted by molar-refractivity contribution is 6.74. The van der Waals surface area contributed by atoms with Gasteiger partial charge in [-0.3, -0.25) is 0 Å². The molecular weight excluding hydrogens is 272 g/mol. The average molecular weight is 303 g/mol. The Morgan fingerprint density at radius 1 is 1.24 bits per heavy atom. The molecule has 1 aromatic rings. The smallest absolute Gasteiger partial charge is 0.250 e. The van der Waals surface area contributed by atoms with Gasteiger partial charge < -0.3 is 4.43 Å². The van der Waals surface area contributed by atoms with Crippen LogP contribution in [0.1, 0.15) is 45.1 Å². The molecule has 116 valence electrons. The highest BCUT2D eigenvalue weighted by Crippen LogP contribution is 2.39. The van der Waals surface area contributed by atoms with Gasteiger partial charge in [0.25, 0.3) is 0 Å². The van der Waals surface area contributed by atoms with E-state index in [1.807, 2.05) is 6.08 Å². The lowest BCUT2D eigenvalue weighted by atomic mass is 9.92. The van der Waals surface area contributed by atoms with Crippen LogP contribution in [0.3, 0.4) is 0 Å². The maximum atomic E-state index is 6.31. The van der Waals surface area contributed by atoms with Gasteiger partial charge in [-0.15, -0.1) is 6.58 Å². The van der Waals surface area contributed by atoms with E-state index in [1.165, 1.54) is 5.56 Å². The maximum absolute atomic E-state index is 6.31. The molecule has 0 aliphatic carbocycles. The van der Waals surface area contributed by atoms with Crippen molar-refractivity contribution in [3.8, 4) is 0 Å². The Morgan fingerprint density at radius 3 is 2.29 bits per heavy atom. The van der Waals surface area contributed by atoms with Crippen molar-refractivity contribution in [3.05, 3.63) is 60.9 Å². The van der Waals surface area contributed by atoms with Crippen LogP contribution >= 0.6 is 0 Å². The van der Waals surface area contributed by atoms with Crippen LogP contribution < -0.4 is 0 Å². The number of hydrogen-bond donors (Lipinski definition) is 0. The van der Waals surface area contributed by atoms with Crippen molar-refractivity contribution in [1.29, 1.82) is 0 Å². The van der Waals surface area contributed by atoms with E-state index >= 15 is 0 Å². The monoisotopic (exact) mass is 302 g/mol. The third kappa shape index (κ3) is 5.20. The highest BCUT2D eigenvalue weighted by Gasteiger charge is 2.39. The molecule has 2 heteroatoms. The number of hydrogen-bond acceptors (Lipinski definition) is 1. The molecule has 0 amide bonds. The van der Waals surface area contributed by atoms with Crippen LogP contribution in [0.5, 0.6) is 0 Å². The molecule has 21 heavy (non-hydrogen) atoms. The Labute approximate surface area is 131 Å². The van der Waals surface area contributed by atoms with Crippen molar-refractivity contribution in [2.45, 2.75) is 57.7 Å². The Morgan fingerprint density at radius 2 is 1.81 bits per heavy atom. The molecule has 0 saturated heterocycles. The minimum absolute atomic E-state index is 0.205. The first-order chi connectivity index (χ1) is 9.67. The fraction of sp³-hybridized carbons (Fsp3) is 0.474. The van der Waals surface area contributed by atoms with Crippen LogP contribution in [0.2, 0.25) is 18.1 Å². The molecule has 0 aliphatic rings. The molecule has 1 atom stereocenters. The first-order valence-electron chi connectivity index (χ1n) is 7.70. The molecule has 1 aromatic carbocycles. The number of allylic oxidation sites excluding steroid dienone is 2. The molecule has 1 rings (SSSR count). The van der Waals surface area contributed by atoms with Crippen molar-refractivity contribution in [1.82, 2.24) is 0 Å². The molecule has 1 nitrogen and oxygen atoms in total. The summed E-state index contributed by atoms with van der Waals surface area (Å²) in [7, 11) is -1.78. The Hall–Kier alpha value is -1.28. The Bertz CT molecular complexity index is 468. The molecule has 0 fully saturated rings. The van der Waals surface area contributed by atoms with Crippen molar-refractivity contribution >= 4 is 8.32 Å². The highest BCUT2D eigenvalue weighted by atomic mass is 28.4. The standard InChI is InChI=1S/C19H30OSi/c1-8-12-18(17-13-10-9-11-14-17)15-16(2)20-21(6,7)19(3,4)5/h8-11,13-14,18H,1-2,12,15H2,3-7H3. The molecule has 0 radical (unpaired) electrons. The van der Waals surface area contributed by atoms with E-state index < -0.39 is 8.32 Å². The zero-order valence-corrected chi connectivity index (χ0v) is 15.3. The topological polar surface area (TPSA) is 9.23 Å². The third-order valence-electron chi connectivity index (χ3n) is 4.40. The van der Waals surface area contributed by atoms with Crippen LogP contribution in [0.15, 0.2) is 55.3 Å². The minimum atomic E-state index is -1.78. The molecule has 0 aliphatic heterocycles. The summed E-state index contributed by atoms with van der Waals surface area (Å²) >= 11 is 0. The molecule has 0 aromatic heterocycles. The van der Waals surface area contributed by atoms with Crippen LogP contribution in [0, 0.1) is 0 Å². The second-order valence-electron chi connectivity index (χ2n) is 7.24. The number of benzene rings is 1. The van der Waals surface area contributed by atoms with E-state index in [1.54, 1.807) is 0 Å². The van der Waals surface area contributed by atoms with E-state index in [0.29, 0.717) is 5.92 Å². The number of rotatable bonds is 7. The summed E-state index contributed by atoms with van der Waals surface area (Å²) < 4.78 is 6.31. The molecule has 0 saturated carbocycles. The predicted molar refractivity (Wildman–Crippen MR) is 96.0 cm³/mol. The van der Waals surface area contributed by atoms with Gasteiger partial charge in [0.15, 0.2) is 0 Å². The summed E-state index contributed by atoms with van der Waals surface area (Å²) in [6.07, 6.45) is 3.80. The van der Waals surface area contributed by atoms with E-state index in [2.05, 4.69) is 77.4 Å². The van der Waals surface area contributed by atoms with E-state index in [4.69, 9.17) is 4.43 Å². The van der Waals surface area contributed by atoms with Gasteiger partial charge in [0.2, 0.25) is 8.32 Å². The summed E-state index contributed by atoms with van der Waals surface area (Å²) in [4.78, 5) is 0. The Balaban J connectivity index is 2.77. The lowest BCUT2D eigenvalue weighted by Gasteiger charge is -2.37. The fourth-order valence-corrected chi connectivity index (χ4v) is 3.21. The van der Waals surface area contributed by atoms with Crippen molar-refractivity contribution in [3.63, 3.8) is 0 Å². The predicted octanol–water partition coefficient (Wildman–Crippen LogP) is 6.27. The maximum Gasteiger partial charge on any atom is 0.250 e. The molecule has 0 spiro atoms. The SMILES string of the molecule is C=CCC(CC(=C)O[Si](C)(C)C(C)(C)C)c1ccccc1. The molecule has 1 unspecified atom stereocenters. The lowest BCUT2D eigenvalue weighted by molar-refractivity contribution is 0.358. The van der Waals surface area contributed by atoms with Crippen LogP contribution in [0.4, 0.5) is 0 Å². The summed E-state index contributed by atoms with van der Waals surface area (Å²) in [5.41, 5.74) is 1.33. The molecular formula is C19H30OSi. The fourth-order valence-electron chi connectivity index (χ4n) is 2.09. The average Bonchev–Trinajstić information content (AvgIpc) is 2.37. The van der Waals surface area contributed by atoms with Gasteiger partial charge in [-0.2, -0.15) is 0 Å². The van der Waals surface area contributed by atoms with Crippen molar-refractivity contribution in [2.24, 2.45) is 0 Å². The van der Waals surface area contributed by atoms with Crippen molar-refractivity contribution in [2.75, 3.05) is 0 Å². The zero-order valence-electron chi connectivity index (χ0n) is 14.3. The van der Waals surface area contributed by atoms with Crippen LogP contribution in [-0.4, -0.2) is 8.32 Å². The van der Waals surface area contributed by atoms with E-state index in [9.17, 15) is 0 Å². The minimum Gasteiger partial charge on any atom is -0.547 e. The second kappa shape index (κ2) is 7.12. The summed E-state index contributed by atoms with van der Waals surface area (Å²) in [6.45, 7) is 19.4. The largest absolute Gasteiger partial charge is 0.547 e. The zero-order chi connectivity index (χ0) is 16.1. The summed E-state index contributed by atoms with van der Waals surface area (Å²) in [5, 5.41) is 0.205. The molecule has 0 heterocycles. The Kier molecular flexibility index (Phi) is 6.03. The van der Waals surface area contributed by atoms with Crippen LogP contribution in [-0.2, 0) is 4.43 Å². The molecule has 0 bridgehead atoms. The molecule has 0 N–H and O–H groups in total. The van der Waals surface area contributed by atoms with E-state index in [-0.39, 0.29) is 5.04 Å². The summed E-state index contributed by atoms with van der Waals surface area (Å²) in [6, 6.07) is 10.6. The van der Waals surface area contributed by atoms with Gasteiger partial charge in [-0.05, 0) is 36.0 Å². The lowest BCUT2D eigenvalue weighted by Crippen LogP contribution is -2.40. The van der Waals surface area contributed by atoms with Gasteiger partial charge in [-0.25, -0.2) is 0 Å².